The first-order valence-electron chi connectivity index (χ1n) is 6.09. The van der Waals surface area contributed by atoms with Crippen LogP contribution in [0.25, 0.3) is 0 Å². The van der Waals surface area contributed by atoms with Gasteiger partial charge in [-0.1, -0.05) is 24.3 Å². The molecule has 19 heavy (non-hydrogen) atoms. The third kappa shape index (κ3) is 6.40. The van der Waals surface area contributed by atoms with Crippen molar-refractivity contribution in [1.82, 2.24) is 5.32 Å². The van der Waals surface area contributed by atoms with Gasteiger partial charge in [0.1, 0.15) is 0 Å². The molecular weight excluding hydrogens is 255 g/mol. The zero-order chi connectivity index (χ0) is 14.1. The fourth-order valence-corrected chi connectivity index (χ4v) is 1.50. The van der Waals surface area contributed by atoms with Gasteiger partial charge >= 0.3 is 6.18 Å². The van der Waals surface area contributed by atoms with Crippen LogP contribution in [0.5, 0.6) is 0 Å². The minimum Gasteiger partial charge on any atom is -0.380 e. The molecule has 0 aliphatic rings. The number of nitrogens with one attached hydrogen (secondary N) is 1. The summed E-state index contributed by atoms with van der Waals surface area (Å²) < 4.78 is 42.7. The molecule has 5 heteroatoms. The van der Waals surface area contributed by atoms with Gasteiger partial charge in [0.25, 0.3) is 0 Å². The number of hydrogen-bond acceptors (Lipinski definition) is 2. The van der Waals surface area contributed by atoms with E-state index < -0.39 is 11.7 Å². The summed E-state index contributed by atoms with van der Waals surface area (Å²) in [6, 6.07) is 5.31. The SMILES string of the molecule is C=CCCOCCNCc1cccc(C(F)(F)F)c1. The van der Waals surface area contributed by atoms with Crippen LogP contribution >= 0.6 is 0 Å². The maximum atomic E-state index is 12.5. The molecule has 0 radical (unpaired) electrons. The van der Waals surface area contributed by atoms with E-state index in [-0.39, 0.29) is 0 Å². The monoisotopic (exact) mass is 273 g/mol. The molecule has 0 atom stereocenters. The highest BCUT2D eigenvalue weighted by molar-refractivity contribution is 5.25. The van der Waals surface area contributed by atoms with Crippen molar-refractivity contribution in [2.75, 3.05) is 19.8 Å². The van der Waals surface area contributed by atoms with Crippen molar-refractivity contribution in [3.8, 4) is 0 Å². The van der Waals surface area contributed by atoms with Crippen LogP contribution in [0.2, 0.25) is 0 Å². The van der Waals surface area contributed by atoms with Gasteiger partial charge in [-0.15, -0.1) is 6.58 Å². The lowest BCUT2D eigenvalue weighted by atomic mass is 10.1. The molecule has 1 aromatic rings. The number of ether oxygens (including phenoxy) is 1. The quantitative estimate of drug-likeness (QED) is 0.579. The predicted octanol–water partition coefficient (Wildman–Crippen LogP) is 3.39. The van der Waals surface area contributed by atoms with E-state index in [4.69, 9.17) is 4.74 Å². The van der Waals surface area contributed by atoms with E-state index >= 15 is 0 Å². The smallest absolute Gasteiger partial charge is 0.380 e. The van der Waals surface area contributed by atoms with E-state index in [9.17, 15) is 13.2 Å². The standard InChI is InChI=1S/C14H18F3NO/c1-2-3-8-19-9-7-18-11-12-5-4-6-13(10-12)14(15,16)17/h2,4-6,10,18H,1,3,7-9,11H2. The van der Waals surface area contributed by atoms with E-state index in [2.05, 4.69) is 11.9 Å². The minimum absolute atomic E-state index is 0.398. The van der Waals surface area contributed by atoms with Crippen molar-refractivity contribution in [1.29, 1.82) is 0 Å². The van der Waals surface area contributed by atoms with Gasteiger partial charge in [-0.3, -0.25) is 0 Å². The minimum atomic E-state index is -4.29. The summed E-state index contributed by atoms with van der Waals surface area (Å²) in [6.07, 6.45) is -1.71. The molecule has 0 amide bonds. The van der Waals surface area contributed by atoms with Crippen LogP contribution in [-0.2, 0) is 17.5 Å². The molecule has 1 aromatic carbocycles. The fraction of sp³-hybridized carbons (Fsp3) is 0.429. The van der Waals surface area contributed by atoms with Crippen LogP contribution in [0.15, 0.2) is 36.9 Å². The summed E-state index contributed by atoms with van der Waals surface area (Å²) in [5.41, 5.74) is -0.00468. The van der Waals surface area contributed by atoms with E-state index in [1.165, 1.54) is 6.07 Å². The van der Waals surface area contributed by atoms with E-state index in [1.807, 2.05) is 0 Å². The molecule has 1 N–H and O–H groups in total. The summed E-state index contributed by atoms with van der Waals surface area (Å²) in [6.45, 7) is 5.73. The second kappa shape index (κ2) is 7.96. The molecule has 0 aliphatic heterocycles. The normalized spacial score (nSPS) is 11.5. The molecule has 0 fully saturated rings. The second-order valence-electron chi connectivity index (χ2n) is 4.06. The summed E-state index contributed by atoms with van der Waals surface area (Å²) in [7, 11) is 0. The molecule has 0 saturated heterocycles. The first-order valence-corrected chi connectivity index (χ1v) is 6.09. The number of hydrogen-bond donors (Lipinski definition) is 1. The van der Waals surface area contributed by atoms with Crippen LogP contribution in [0.3, 0.4) is 0 Å². The van der Waals surface area contributed by atoms with Gasteiger partial charge in [-0.05, 0) is 18.1 Å². The second-order valence-corrected chi connectivity index (χ2v) is 4.06. The van der Waals surface area contributed by atoms with Crippen molar-refractivity contribution < 1.29 is 17.9 Å². The van der Waals surface area contributed by atoms with Crippen LogP contribution in [0.4, 0.5) is 13.2 Å². The summed E-state index contributed by atoms with van der Waals surface area (Å²) >= 11 is 0. The Kier molecular flexibility index (Phi) is 6.59. The highest BCUT2D eigenvalue weighted by atomic mass is 19.4. The van der Waals surface area contributed by atoms with Gasteiger partial charge in [0.2, 0.25) is 0 Å². The molecule has 106 valence electrons. The molecular formula is C14H18F3NO. The van der Waals surface area contributed by atoms with Crippen LogP contribution in [-0.4, -0.2) is 19.8 Å². The number of rotatable bonds is 8. The Morgan fingerprint density at radius 1 is 1.26 bits per heavy atom. The van der Waals surface area contributed by atoms with Gasteiger partial charge < -0.3 is 10.1 Å². The van der Waals surface area contributed by atoms with Gasteiger partial charge in [-0.2, -0.15) is 13.2 Å². The molecule has 0 heterocycles. The number of benzene rings is 1. The Morgan fingerprint density at radius 2 is 2.05 bits per heavy atom. The van der Waals surface area contributed by atoms with Gasteiger partial charge in [0, 0.05) is 13.1 Å². The van der Waals surface area contributed by atoms with E-state index in [0.29, 0.717) is 31.9 Å². The lowest BCUT2D eigenvalue weighted by molar-refractivity contribution is -0.137. The Labute approximate surface area is 111 Å². The maximum absolute atomic E-state index is 12.5. The first kappa shape index (κ1) is 15.7. The highest BCUT2D eigenvalue weighted by Crippen LogP contribution is 2.29. The molecule has 0 bridgehead atoms. The zero-order valence-corrected chi connectivity index (χ0v) is 10.7. The summed E-state index contributed by atoms with van der Waals surface area (Å²) in [5, 5.41) is 3.04. The van der Waals surface area contributed by atoms with Crippen molar-refractivity contribution in [2.45, 2.75) is 19.1 Å². The van der Waals surface area contributed by atoms with E-state index in [1.54, 1.807) is 12.1 Å². The summed E-state index contributed by atoms with van der Waals surface area (Å²) in [4.78, 5) is 0. The van der Waals surface area contributed by atoms with Gasteiger partial charge in [-0.25, -0.2) is 0 Å². The number of halogens is 3. The van der Waals surface area contributed by atoms with Crippen LogP contribution < -0.4 is 5.32 Å². The maximum Gasteiger partial charge on any atom is 0.416 e. The third-order valence-electron chi connectivity index (χ3n) is 2.47. The highest BCUT2D eigenvalue weighted by Gasteiger charge is 2.30. The van der Waals surface area contributed by atoms with Crippen LogP contribution in [0, 0.1) is 0 Å². The van der Waals surface area contributed by atoms with E-state index in [0.717, 1.165) is 18.6 Å². The van der Waals surface area contributed by atoms with Crippen molar-refractivity contribution in [3.63, 3.8) is 0 Å². The van der Waals surface area contributed by atoms with Gasteiger partial charge in [0.05, 0.1) is 18.8 Å². The average Bonchev–Trinajstić information content (AvgIpc) is 2.37. The molecule has 1 rings (SSSR count). The molecule has 2 nitrogen and oxygen atoms in total. The predicted molar refractivity (Wildman–Crippen MR) is 68.8 cm³/mol. The zero-order valence-electron chi connectivity index (χ0n) is 10.7. The Morgan fingerprint density at radius 3 is 2.74 bits per heavy atom. The lowest BCUT2D eigenvalue weighted by Gasteiger charge is -2.09. The molecule has 0 saturated carbocycles. The average molecular weight is 273 g/mol. The van der Waals surface area contributed by atoms with Crippen molar-refractivity contribution in [3.05, 3.63) is 48.0 Å². The van der Waals surface area contributed by atoms with Gasteiger partial charge in [0.15, 0.2) is 0 Å². The molecule has 0 aromatic heterocycles. The van der Waals surface area contributed by atoms with Crippen molar-refractivity contribution >= 4 is 0 Å². The molecule has 0 unspecified atom stereocenters. The largest absolute Gasteiger partial charge is 0.416 e. The third-order valence-corrected chi connectivity index (χ3v) is 2.47. The first-order chi connectivity index (χ1) is 9.04. The van der Waals surface area contributed by atoms with Crippen molar-refractivity contribution in [2.24, 2.45) is 0 Å². The van der Waals surface area contributed by atoms with Crippen LogP contribution in [0.1, 0.15) is 17.5 Å². The Balaban J connectivity index is 2.28. The fourth-order valence-electron chi connectivity index (χ4n) is 1.50. The lowest BCUT2D eigenvalue weighted by Crippen LogP contribution is -2.19. The Bertz CT molecular complexity index is 391. The molecule has 0 spiro atoms. The topological polar surface area (TPSA) is 21.3 Å². The summed E-state index contributed by atoms with van der Waals surface area (Å²) in [5.74, 6) is 0. The Hall–Kier alpha value is -1.33. The molecule has 0 aliphatic carbocycles. The number of alkyl halides is 3.